The van der Waals surface area contributed by atoms with E-state index in [1.165, 1.54) is 12.1 Å². The second kappa shape index (κ2) is 10.4. The lowest BCUT2D eigenvalue weighted by atomic mass is 9.98. The van der Waals surface area contributed by atoms with Crippen LogP contribution >= 0.6 is 0 Å². The van der Waals surface area contributed by atoms with Crippen molar-refractivity contribution < 1.29 is 24.2 Å². The lowest BCUT2D eigenvalue weighted by Crippen LogP contribution is -2.44. The lowest BCUT2D eigenvalue weighted by molar-refractivity contribution is -0.125. The number of alkyl carbamates (subject to hydrolysis) is 1. The molecule has 0 fully saturated rings. The molecule has 1 aliphatic rings. The van der Waals surface area contributed by atoms with Gasteiger partial charge in [0.1, 0.15) is 6.61 Å². The van der Waals surface area contributed by atoms with Gasteiger partial charge in [0.15, 0.2) is 0 Å². The molecule has 0 radical (unpaired) electrons. The summed E-state index contributed by atoms with van der Waals surface area (Å²) in [6, 6.07) is 22.2. The first kappa shape index (κ1) is 24.0. The van der Waals surface area contributed by atoms with E-state index >= 15 is 0 Å². The molecular weight excluding hydrogens is 444 g/mol. The summed E-state index contributed by atoms with van der Waals surface area (Å²) in [7, 11) is 0. The Kier molecular flexibility index (Phi) is 7.15. The highest BCUT2D eigenvalue weighted by molar-refractivity contribution is 5.87. The minimum absolute atomic E-state index is 0.0363. The molecule has 0 aliphatic heterocycles. The Morgan fingerprint density at radius 3 is 2.17 bits per heavy atom. The molecule has 2 unspecified atom stereocenters. The molecule has 1 aliphatic carbocycles. The van der Waals surface area contributed by atoms with E-state index in [0.717, 1.165) is 22.3 Å². The van der Waals surface area contributed by atoms with E-state index in [1.54, 1.807) is 26.0 Å². The van der Waals surface area contributed by atoms with Gasteiger partial charge in [-0.2, -0.15) is 0 Å². The summed E-state index contributed by atoms with van der Waals surface area (Å²) in [5.41, 5.74) is 5.43. The molecular formula is C28H28N2O5. The molecule has 0 spiro atoms. The van der Waals surface area contributed by atoms with Gasteiger partial charge in [-0.25, -0.2) is 9.59 Å². The predicted molar refractivity (Wildman–Crippen MR) is 132 cm³/mol. The highest BCUT2D eigenvalue weighted by atomic mass is 16.5. The molecule has 2 amide bonds. The fourth-order valence-corrected chi connectivity index (χ4v) is 4.34. The van der Waals surface area contributed by atoms with Crippen molar-refractivity contribution in [2.75, 3.05) is 6.61 Å². The Labute approximate surface area is 204 Å². The first-order valence-corrected chi connectivity index (χ1v) is 11.6. The van der Waals surface area contributed by atoms with Crippen LogP contribution in [0.3, 0.4) is 0 Å². The van der Waals surface area contributed by atoms with Crippen molar-refractivity contribution >= 4 is 18.0 Å². The summed E-state index contributed by atoms with van der Waals surface area (Å²) in [6.07, 6.45) is -0.576. The average molecular weight is 473 g/mol. The normalized spacial score (nSPS) is 13.8. The number of benzene rings is 3. The highest BCUT2D eigenvalue weighted by Gasteiger charge is 2.29. The fraction of sp³-hybridized carbons (Fsp3) is 0.250. The Hall–Kier alpha value is -4.13. The van der Waals surface area contributed by atoms with Gasteiger partial charge in [0, 0.05) is 18.5 Å². The van der Waals surface area contributed by atoms with Crippen molar-refractivity contribution in [1.29, 1.82) is 0 Å². The Bertz CT molecular complexity index is 1210. The summed E-state index contributed by atoms with van der Waals surface area (Å²) in [4.78, 5) is 36.2. The second-order valence-electron chi connectivity index (χ2n) is 8.77. The number of hydrogen-bond acceptors (Lipinski definition) is 4. The van der Waals surface area contributed by atoms with Crippen LogP contribution in [0, 0.1) is 5.92 Å². The zero-order valence-corrected chi connectivity index (χ0v) is 19.7. The maximum atomic E-state index is 12.6. The third-order valence-electron chi connectivity index (χ3n) is 6.49. The third kappa shape index (κ3) is 5.35. The summed E-state index contributed by atoms with van der Waals surface area (Å²) in [5, 5.41) is 14.7. The molecule has 4 rings (SSSR count). The number of fused-ring (bicyclic) bond motifs is 3. The topological polar surface area (TPSA) is 105 Å². The van der Waals surface area contributed by atoms with Crippen molar-refractivity contribution in [3.63, 3.8) is 0 Å². The molecule has 7 nitrogen and oxygen atoms in total. The minimum atomic E-state index is -1.02. The number of carboxylic acids is 1. The summed E-state index contributed by atoms with van der Waals surface area (Å²) in [6.45, 7) is 3.86. The van der Waals surface area contributed by atoms with E-state index in [1.807, 2.05) is 24.3 Å². The van der Waals surface area contributed by atoms with E-state index in [0.29, 0.717) is 5.56 Å². The van der Waals surface area contributed by atoms with Crippen LogP contribution in [-0.2, 0) is 16.1 Å². The van der Waals surface area contributed by atoms with Gasteiger partial charge < -0.3 is 20.5 Å². The smallest absolute Gasteiger partial charge is 0.407 e. The predicted octanol–water partition coefficient (Wildman–Crippen LogP) is 4.56. The number of rotatable bonds is 8. The van der Waals surface area contributed by atoms with Crippen molar-refractivity contribution in [2.45, 2.75) is 32.4 Å². The van der Waals surface area contributed by atoms with Crippen LogP contribution in [0.2, 0.25) is 0 Å². The van der Waals surface area contributed by atoms with E-state index in [2.05, 4.69) is 34.9 Å². The molecule has 0 bridgehead atoms. The Morgan fingerprint density at radius 2 is 1.54 bits per heavy atom. The highest BCUT2D eigenvalue weighted by Crippen LogP contribution is 2.44. The molecule has 3 N–H and O–H groups in total. The van der Waals surface area contributed by atoms with Crippen molar-refractivity contribution in [2.24, 2.45) is 5.92 Å². The zero-order chi connectivity index (χ0) is 24.9. The molecule has 180 valence electrons. The van der Waals surface area contributed by atoms with E-state index in [-0.39, 0.29) is 30.5 Å². The van der Waals surface area contributed by atoms with Gasteiger partial charge in [-0.3, -0.25) is 4.79 Å². The molecule has 35 heavy (non-hydrogen) atoms. The SMILES string of the molecule is CC(NC(=O)OCC1c2ccccc2-c2ccccc21)C(C)C(=O)NCc1cccc(C(=O)O)c1. The Balaban J connectivity index is 1.29. The van der Waals surface area contributed by atoms with Crippen LogP contribution in [0.4, 0.5) is 4.79 Å². The van der Waals surface area contributed by atoms with Crippen molar-refractivity contribution in [1.82, 2.24) is 10.6 Å². The lowest BCUT2D eigenvalue weighted by Gasteiger charge is -2.21. The number of hydrogen-bond donors (Lipinski definition) is 3. The summed E-state index contributed by atoms with van der Waals surface area (Å²) < 4.78 is 5.57. The second-order valence-corrected chi connectivity index (χ2v) is 8.77. The van der Waals surface area contributed by atoms with Crippen LogP contribution in [0.1, 0.15) is 46.8 Å². The first-order valence-electron chi connectivity index (χ1n) is 11.6. The van der Waals surface area contributed by atoms with Gasteiger partial charge in [-0.05, 0) is 46.9 Å². The maximum absolute atomic E-state index is 12.6. The average Bonchev–Trinajstić information content (AvgIpc) is 3.19. The number of ether oxygens (including phenoxy) is 1. The number of carboxylic acid groups (broad SMARTS) is 1. The molecule has 0 aromatic heterocycles. The van der Waals surface area contributed by atoms with E-state index in [4.69, 9.17) is 9.84 Å². The molecule has 0 saturated carbocycles. The van der Waals surface area contributed by atoms with Crippen LogP contribution in [-0.4, -0.2) is 35.7 Å². The Morgan fingerprint density at radius 1 is 0.914 bits per heavy atom. The monoisotopic (exact) mass is 472 g/mol. The van der Waals surface area contributed by atoms with Crippen LogP contribution in [0.25, 0.3) is 11.1 Å². The number of aromatic carboxylic acids is 1. The fourth-order valence-electron chi connectivity index (χ4n) is 4.34. The largest absolute Gasteiger partial charge is 0.478 e. The van der Waals surface area contributed by atoms with Crippen LogP contribution in [0.15, 0.2) is 72.8 Å². The van der Waals surface area contributed by atoms with Crippen LogP contribution in [0.5, 0.6) is 0 Å². The van der Waals surface area contributed by atoms with E-state index < -0.39 is 24.0 Å². The number of nitrogens with one attached hydrogen (secondary N) is 2. The number of carbonyl (C=O) groups is 3. The minimum Gasteiger partial charge on any atom is -0.478 e. The third-order valence-corrected chi connectivity index (χ3v) is 6.49. The summed E-state index contributed by atoms with van der Waals surface area (Å²) >= 11 is 0. The molecule has 0 heterocycles. The molecule has 0 saturated heterocycles. The molecule has 7 heteroatoms. The first-order chi connectivity index (χ1) is 16.8. The molecule has 3 aromatic carbocycles. The van der Waals surface area contributed by atoms with Crippen molar-refractivity contribution in [3.8, 4) is 11.1 Å². The molecule has 2 atom stereocenters. The van der Waals surface area contributed by atoms with E-state index in [9.17, 15) is 14.4 Å². The van der Waals surface area contributed by atoms with Gasteiger partial charge in [0.05, 0.1) is 11.5 Å². The number of amides is 2. The van der Waals surface area contributed by atoms with Crippen molar-refractivity contribution in [3.05, 3.63) is 95.1 Å². The number of carbonyl (C=O) groups excluding carboxylic acids is 2. The maximum Gasteiger partial charge on any atom is 0.407 e. The van der Waals surface area contributed by atoms with Gasteiger partial charge in [0.2, 0.25) is 5.91 Å². The van der Waals surface area contributed by atoms with Gasteiger partial charge >= 0.3 is 12.1 Å². The zero-order valence-electron chi connectivity index (χ0n) is 19.7. The van der Waals surface area contributed by atoms with Gasteiger partial charge in [-0.15, -0.1) is 0 Å². The summed E-state index contributed by atoms with van der Waals surface area (Å²) in [5.74, 6) is -1.83. The van der Waals surface area contributed by atoms with Gasteiger partial charge in [0.25, 0.3) is 0 Å². The molecule has 3 aromatic rings. The van der Waals surface area contributed by atoms with Crippen LogP contribution < -0.4 is 10.6 Å². The van der Waals surface area contributed by atoms with Gasteiger partial charge in [-0.1, -0.05) is 67.6 Å². The quantitative estimate of drug-likeness (QED) is 0.446. The standard InChI is InChI=1S/C28H28N2O5/c1-17(26(31)29-15-19-8-7-9-20(14-19)27(32)33)18(2)30-28(34)35-16-25-23-12-5-3-10-21(23)22-11-4-6-13-24(22)25/h3-14,17-18,25H,15-16H2,1-2H3,(H,29,31)(H,30,34)(H,32,33).